The average molecular weight is 263 g/mol. The minimum atomic E-state index is -0.934. The Morgan fingerprint density at radius 2 is 2.16 bits per heavy atom. The van der Waals surface area contributed by atoms with Crippen molar-refractivity contribution in [2.24, 2.45) is 0 Å². The minimum Gasteiger partial charge on any atom is -0.497 e. The molecule has 1 saturated heterocycles. The molecule has 0 aliphatic carbocycles. The van der Waals surface area contributed by atoms with Crippen LogP contribution < -0.4 is 4.74 Å². The van der Waals surface area contributed by atoms with E-state index in [2.05, 4.69) is 0 Å². The lowest BCUT2D eigenvalue weighted by Gasteiger charge is -2.33. The van der Waals surface area contributed by atoms with Crippen LogP contribution in [0.15, 0.2) is 24.3 Å². The number of carboxylic acids is 1. The summed E-state index contributed by atoms with van der Waals surface area (Å²) in [5.41, 5.74) is 0.465. The maximum Gasteiger partial charge on any atom is 0.326 e. The second-order valence-corrected chi connectivity index (χ2v) is 4.58. The topological polar surface area (TPSA) is 66.8 Å². The predicted octanol–water partition coefficient (Wildman–Crippen LogP) is 1.77. The van der Waals surface area contributed by atoms with Crippen molar-refractivity contribution in [3.05, 3.63) is 29.8 Å². The average Bonchev–Trinajstić information content (AvgIpc) is 2.46. The van der Waals surface area contributed by atoms with Gasteiger partial charge in [-0.05, 0) is 37.5 Å². The van der Waals surface area contributed by atoms with E-state index in [0.29, 0.717) is 24.3 Å². The zero-order chi connectivity index (χ0) is 13.8. The van der Waals surface area contributed by atoms with Crippen molar-refractivity contribution in [2.75, 3.05) is 13.7 Å². The number of rotatable bonds is 3. The predicted molar refractivity (Wildman–Crippen MR) is 69.3 cm³/mol. The van der Waals surface area contributed by atoms with Gasteiger partial charge < -0.3 is 14.7 Å². The van der Waals surface area contributed by atoms with Crippen LogP contribution in [0.5, 0.6) is 5.75 Å². The van der Waals surface area contributed by atoms with Gasteiger partial charge in [-0.25, -0.2) is 4.79 Å². The van der Waals surface area contributed by atoms with Gasteiger partial charge in [0.25, 0.3) is 5.91 Å². The summed E-state index contributed by atoms with van der Waals surface area (Å²) < 4.78 is 5.08. The van der Waals surface area contributed by atoms with Gasteiger partial charge in [0, 0.05) is 12.1 Å². The maximum atomic E-state index is 12.4. The van der Waals surface area contributed by atoms with Gasteiger partial charge in [-0.3, -0.25) is 4.79 Å². The molecule has 1 heterocycles. The van der Waals surface area contributed by atoms with Crippen molar-refractivity contribution < 1.29 is 19.4 Å². The van der Waals surface area contributed by atoms with E-state index in [-0.39, 0.29) is 5.91 Å². The van der Waals surface area contributed by atoms with E-state index < -0.39 is 12.0 Å². The molecule has 1 amide bonds. The number of carbonyl (C=O) groups excluding carboxylic acids is 1. The lowest BCUT2D eigenvalue weighted by molar-refractivity contribution is -0.143. The van der Waals surface area contributed by atoms with E-state index in [9.17, 15) is 14.7 Å². The van der Waals surface area contributed by atoms with Crippen LogP contribution in [0, 0.1) is 0 Å². The zero-order valence-electron chi connectivity index (χ0n) is 10.8. The highest BCUT2D eigenvalue weighted by Crippen LogP contribution is 2.21. The molecule has 2 rings (SSSR count). The number of hydrogen-bond acceptors (Lipinski definition) is 3. The highest BCUT2D eigenvalue weighted by atomic mass is 16.5. The van der Waals surface area contributed by atoms with E-state index in [1.54, 1.807) is 24.3 Å². The smallest absolute Gasteiger partial charge is 0.326 e. The first-order valence-electron chi connectivity index (χ1n) is 6.31. The Hall–Kier alpha value is -2.04. The van der Waals surface area contributed by atoms with Gasteiger partial charge >= 0.3 is 5.97 Å². The summed E-state index contributed by atoms with van der Waals surface area (Å²) in [7, 11) is 1.53. The lowest BCUT2D eigenvalue weighted by Crippen LogP contribution is -2.47. The summed E-state index contributed by atoms with van der Waals surface area (Å²) in [4.78, 5) is 25.0. The van der Waals surface area contributed by atoms with Crippen molar-refractivity contribution in [1.82, 2.24) is 4.90 Å². The Bertz CT molecular complexity index is 486. The van der Waals surface area contributed by atoms with E-state index in [1.165, 1.54) is 12.0 Å². The molecule has 0 aromatic heterocycles. The first-order chi connectivity index (χ1) is 9.13. The van der Waals surface area contributed by atoms with Crippen LogP contribution in [0.2, 0.25) is 0 Å². The number of ether oxygens (including phenoxy) is 1. The zero-order valence-corrected chi connectivity index (χ0v) is 10.8. The fraction of sp³-hybridized carbons (Fsp3) is 0.429. The molecule has 0 radical (unpaired) electrons. The molecule has 1 fully saturated rings. The van der Waals surface area contributed by atoms with E-state index >= 15 is 0 Å². The third-order valence-electron chi connectivity index (χ3n) is 3.37. The molecule has 0 bridgehead atoms. The molecular weight excluding hydrogens is 246 g/mol. The molecule has 0 spiro atoms. The number of methoxy groups -OCH3 is 1. The number of likely N-dealkylation sites (tertiary alicyclic amines) is 1. The number of aliphatic carboxylic acids is 1. The van der Waals surface area contributed by atoms with Crippen LogP contribution in [0.25, 0.3) is 0 Å². The second-order valence-electron chi connectivity index (χ2n) is 4.58. The molecule has 19 heavy (non-hydrogen) atoms. The molecule has 5 heteroatoms. The van der Waals surface area contributed by atoms with Crippen LogP contribution in [0.4, 0.5) is 0 Å². The van der Waals surface area contributed by atoms with Gasteiger partial charge in [0.15, 0.2) is 0 Å². The molecule has 102 valence electrons. The van der Waals surface area contributed by atoms with Crippen LogP contribution >= 0.6 is 0 Å². The first kappa shape index (κ1) is 13.4. The summed E-state index contributed by atoms with van der Waals surface area (Å²) in [6.07, 6.45) is 2.21. The molecule has 1 aliphatic heterocycles. The van der Waals surface area contributed by atoms with Crippen LogP contribution in [0.3, 0.4) is 0 Å². The standard InChI is InChI=1S/C14H17NO4/c1-19-11-6-4-5-10(9-11)13(16)15-8-3-2-7-12(15)14(17)18/h4-6,9,12H,2-3,7-8H2,1H3,(H,17,18)/t12-/m1/s1. The van der Waals surface area contributed by atoms with Crippen molar-refractivity contribution in [3.8, 4) is 5.75 Å². The fourth-order valence-electron chi connectivity index (χ4n) is 2.35. The Labute approximate surface area is 111 Å². The summed E-state index contributed by atoms with van der Waals surface area (Å²) in [5, 5.41) is 9.19. The van der Waals surface area contributed by atoms with Gasteiger partial charge in [0.2, 0.25) is 0 Å². The number of nitrogens with zero attached hydrogens (tertiary/aromatic N) is 1. The fourth-order valence-corrected chi connectivity index (χ4v) is 2.35. The summed E-state index contributed by atoms with van der Waals surface area (Å²) in [6, 6.07) is 6.08. The quantitative estimate of drug-likeness (QED) is 0.902. The Morgan fingerprint density at radius 1 is 1.37 bits per heavy atom. The third-order valence-corrected chi connectivity index (χ3v) is 3.37. The van der Waals surface area contributed by atoms with E-state index in [4.69, 9.17) is 4.74 Å². The van der Waals surface area contributed by atoms with Crippen LogP contribution in [0.1, 0.15) is 29.6 Å². The Balaban J connectivity index is 2.23. The monoisotopic (exact) mass is 263 g/mol. The van der Waals surface area contributed by atoms with Gasteiger partial charge in [-0.1, -0.05) is 6.07 Å². The second kappa shape index (κ2) is 5.73. The molecule has 5 nitrogen and oxygen atoms in total. The van der Waals surface area contributed by atoms with Crippen molar-refractivity contribution in [1.29, 1.82) is 0 Å². The van der Waals surface area contributed by atoms with Gasteiger partial charge in [0.1, 0.15) is 11.8 Å². The lowest BCUT2D eigenvalue weighted by atomic mass is 10.0. The summed E-state index contributed by atoms with van der Waals surface area (Å²) in [6.45, 7) is 0.493. The van der Waals surface area contributed by atoms with Gasteiger partial charge in [-0.2, -0.15) is 0 Å². The molecule has 0 saturated carbocycles. The Kier molecular flexibility index (Phi) is 4.04. The largest absolute Gasteiger partial charge is 0.497 e. The molecular formula is C14H17NO4. The van der Waals surface area contributed by atoms with Gasteiger partial charge in [0.05, 0.1) is 7.11 Å². The Morgan fingerprint density at radius 3 is 2.84 bits per heavy atom. The number of carbonyl (C=O) groups is 2. The molecule has 1 N–H and O–H groups in total. The molecule has 1 aliphatic rings. The number of benzene rings is 1. The molecule has 1 aromatic carbocycles. The maximum absolute atomic E-state index is 12.4. The SMILES string of the molecule is COc1cccc(C(=O)N2CCCC[C@@H]2C(=O)O)c1. The molecule has 1 atom stereocenters. The molecule has 0 unspecified atom stereocenters. The van der Waals surface area contributed by atoms with Crippen molar-refractivity contribution in [3.63, 3.8) is 0 Å². The van der Waals surface area contributed by atoms with Crippen molar-refractivity contribution in [2.45, 2.75) is 25.3 Å². The van der Waals surface area contributed by atoms with E-state index in [0.717, 1.165) is 12.8 Å². The van der Waals surface area contributed by atoms with Crippen LogP contribution in [-0.4, -0.2) is 41.6 Å². The molecule has 1 aromatic rings. The number of piperidine rings is 1. The summed E-state index contributed by atoms with van der Waals surface area (Å²) >= 11 is 0. The van der Waals surface area contributed by atoms with Crippen molar-refractivity contribution >= 4 is 11.9 Å². The summed E-state index contributed by atoms with van der Waals surface area (Å²) in [5.74, 6) is -0.586. The number of carboxylic acid groups (broad SMARTS) is 1. The highest BCUT2D eigenvalue weighted by molar-refractivity contribution is 5.97. The first-order valence-corrected chi connectivity index (χ1v) is 6.31. The number of amides is 1. The van der Waals surface area contributed by atoms with E-state index in [1.807, 2.05) is 0 Å². The highest BCUT2D eigenvalue weighted by Gasteiger charge is 2.32. The third kappa shape index (κ3) is 2.86. The normalized spacial score (nSPS) is 19.0. The minimum absolute atomic E-state index is 0.244. The number of hydrogen-bond donors (Lipinski definition) is 1. The van der Waals surface area contributed by atoms with Gasteiger partial charge in [-0.15, -0.1) is 0 Å². The van der Waals surface area contributed by atoms with Crippen LogP contribution in [-0.2, 0) is 4.79 Å².